The van der Waals surface area contributed by atoms with Crippen molar-refractivity contribution in [1.29, 1.82) is 0 Å². The molecular weight excluding hydrogens is 334 g/mol. The van der Waals surface area contributed by atoms with Gasteiger partial charge in [-0.3, -0.25) is 9.88 Å². The van der Waals surface area contributed by atoms with Crippen LogP contribution in [0.25, 0.3) is 0 Å². The van der Waals surface area contributed by atoms with Crippen molar-refractivity contribution in [3.8, 4) is 0 Å². The highest BCUT2D eigenvalue weighted by Gasteiger charge is 2.29. The molecule has 25 heavy (non-hydrogen) atoms. The van der Waals surface area contributed by atoms with Gasteiger partial charge in [0, 0.05) is 36.9 Å². The predicted octanol–water partition coefficient (Wildman–Crippen LogP) is 3.28. The summed E-state index contributed by atoms with van der Waals surface area (Å²) in [6.45, 7) is 8.40. The van der Waals surface area contributed by atoms with Crippen molar-refractivity contribution in [2.24, 2.45) is 0 Å². The third kappa shape index (κ3) is 4.38. The number of fused-ring (bicyclic) bond motifs is 1. The van der Waals surface area contributed by atoms with Crippen molar-refractivity contribution < 1.29 is 9.53 Å². The van der Waals surface area contributed by atoms with Gasteiger partial charge in [0.05, 0.1) is 5.56 Å². The third-order valence-electron chi connectivity index (χ3n) is 4.23. The minimum atomic E-state index is -0.510. The summed E-state index contributed by atoms with van der Waals surface area (Å²) in [5.41, 5.74) is 8.59. The first-order chi connectivity index (χ1) is 11.8. The van der Waals surface area contributed by atoms with Gasteiger partial charge >= 0.3 is 5.97 Å². The molecule has 0 spiro atoms. The number of thiophene rings is 1. The number of ether oxygens (including phenoxy) is 1. The average Bonchev–Trinajstić information content (AvgIpc) is 2.87. The van der Waals surface area contributed by atoms with Crippen molar-refractivity contribution >= 4 is 22.3 Å². The normalized spacial score (nSPS) is 15.0. The van der Waals surface area contributed by atoms with Gasteiger partial charge in [0.15, 0.2) is 0 Å². The van der Waals surface area contributed by atoms with Gasteiger partial charge in [0.2, 0.25) is 0 Å². The molecule has 0 aliphatic carbocycles. The van der Waals surface area contributed by atoms with Crippen molar-refractivity contribution in [2.75, 3.05) is 18.8 Å². The molecule has 2 aromatic rings. The second-order valence-corrected chi connectivity index (χ2v) is 8.51. The van der Waals surface area contributed by atoms with Crippen LogP contribution < -0.4 is 5.73 Å². The molecule has 5 nitrogen and oxygen atoms in total. The maximum Gasteiger partial charge on any atom is 0.341 e. The Kier molecular flexibility index (Phi) is 5.11. The maximum atomic E-state index is 12.5. The molecule has 3 heterocycles. The zero-order valence-electron chi connectivity index (χ0n) is 15.0. The number of nitrogens with zero attached hydrogens (tertiary/aromatic N) is 2. The highest BCUT2D eigenvalue weighted by atomic mass is 32.1. The topological polar surface area (TPSA) is 68.5 Å². The Balaban J connectivity index is 1.68. The Morgan fingerprint density at radius 3 is 2.76 bits per heavy atom. The van der Waals surface area contributed by atoms with E-state index in [9.17, 15) is 4.79 Å². The molecule has 0 fully saturated rings. The Morgan fingerprint density at radius 1 is 1.36 bits per heavy atom. The Labute approximate surface area is 152 Å². The SMILES string of the molecule is CC(C)(C)OC(=O)c1c(N)sc2c1CCN(CCc1ccncc1)C2. The fourth-order valence-electron chi connectivity index (χ4n) is 3.06. The van der Waals surface area contributed by atoms with E-state index in [0.29, 0.717) is 10.6 Å². The van der Waals surface area contributed by atoms with Crippen molar-refractivity contribution in [3.63, 3.8) is 0 Å². The zero-order valence-corrected chi connectivity index (χ0v) is 15.9. The van der Waals surface area contributed by atoms with Gasteiger partial charge in [-0.1, -0.05) is 0 Å². The molecule has 3 rings (SSSR count). The van der Waals surface area contributed by atoms with Crippen molar-refractivity contribution in [2.45, 2.75) is 45.8 Å². The van der Waals surface area contributed by atoms with Crippen LogP contribution in [-0.4, -0.2) is 34.5 Å². The lowest BCUT2D eigenvalue weighted by molar-refractivity contribution is 0.00696. The quantitative estimate of drug-likeness (QED) is 0.849. The van der Waals surface area contributed by atoms with Crippen LogP contribution in [0.2, 0.25) is 0 Å². The number of anilines is 1. The summed E-state index contributed by atoms with van der Waals surface area (Å²) in [6.07, 6.45) is 5.50. The second-order valence-electron chi connectivity index (χ2n) is 7.38. The first-order valence-electron chi connectivity index (χ1n) is 8.58. The molecule has 134 valence electrons. The minimum Gasteiger partial charge on any atom is -0.456 e. The van der Waals surface area contributed by atoms with Crippen LogP contribution in [0, 0.1) is 0 Å². The van der Waals surface area contributed by atoms with E-state index in [-0.39, 0.29) is 5.97 Å². The third-order valence-corrected chi connectivity index (χ3v) is 5.28. The number of hydrogen-bond acceptors (Lipinski definition) is 6. The fraction of sp³-hybridized carbons (Fsp3) is 0.474. The molecule has 6 heteroatoms. The number of pyridine rings is 1. The summed E-state index contributed by atoms with van der Waals surface area (Å²) >= 11 is 1.52. The molecule has 0 amide bonds. The molecule has 0 radical (unpaired) electrons. The number of nitrogen functional groups attached to an aromatic ring is 1. The van der Waals surface area contributed by atoms with Gasteiger partial charge in [0.1, 0.15) is 10.6 Å². The number of esters is 1. The van der Waals surface area contributed by atoms with Crippen molar-refractivity contribution in [1.82, 2.24) is 9.88 Å². The van der Waals surface area contributed by atoms with Gasteiger partial charge in [0.25, 0.3) is 0 Å². The van der Waals surface area contributed by atoms with Gasteiger partial charge < -0.3 is 10.5 Å². The van der Waals surface area contributed by atoms with Crippen LogP contribution >= 0.6 is 11.3 Å². The summed E-state index contributed by atoms with van der Waals surface area (Å²) in [7, 11) is 0. The molecular formula is C19H25N3O2S. The zero-order chi connectivity index (χ0) is 18.0. The Bertz CT molecular complexity index is 750. The highest BCUT2D eigenvalue weighted by molar-refractivity contribution is 7.16. The smallest absolute Gasteiger partial charge is 0.341 e. The maximum absolute atomic E-state index is 12.5. The molecule has 2 aromatic heterocycles. The van der Waals surface area contributed by atoms with Crippen LogP contribution in [-0.2, 0) is 24.1 Å². The van der Waals surface area contributed by atoms with E-state index < -0.39 is 5.60 Å². The van der Waals surface area contributed by atoms with E-state index in [1.807, 2.05) is 33.2 Å². The number of nitrogens with two attached hydrogens (primary N) is 1. The van der Waals surface area contributed by atoms with E-state index in [1.165, 1.54) is 21.8 Å². The number of hydrogen-bond donors (Lipinski definition) is 1. The summed E-state index contributed by atoms with van der Waals surface area (Å²) < 4.78 is 5.53. The molecule has 1 aliphatic heterocycles. The number of carbonyl (C=O) groups excluding carboxylic acids is 1. The number of aromatic nitrogens is 1. The van der Waals surface area contributed by atoms with Gasteiger partial charge in [-0.15, -0.1) is 11.3 Å². The van der Waals surface area contributed by atoms with Crippen molar-refractivity contribution in [3.05, 3.63) is 46.1 Å². The van der Waals surface area contributed by atoms with Crippen LogP contribution in [0.1, 0.15) is 47.1 Å². The van der Waals surface area contributed by atoms with Gasteiger partial charge in [-0.2, -0.15) is 0 Å². The summed E-state index contributed by atoms with van der Waals surface area (Å²) in [5, 5.41) is 0.579. The van der Waals surface area contributed by atoms with E-state index in [2.05, 4.69) is 22.0 Å². The van der Waals surface area contributed by atoms with E-state index in [1.54, 1.807) is 0 Å². The predicted molar refractivity (Wildman–Crippen MR) is 101 cm³/mol. The second kappa shape index (κ2) is 7.14. The Hall–Kier alpha value is -1.92. The van der Waals surface area contributed by atoms with Crippen LogP contribution in [0.15, 0.2) is 24.5 Å². The summed E-state index contributed by atoms with van der Waals surface area (Å²) in [4.78, 5) is 20.2. The fourth-order valence-corrected chi connectivity index (χ4v) is 4.21. The first kappa shape index (κ1) is 17.9. The van der Waals surface area contributed by atoms with Gasteiger partial charge in [-0.25, -0.2) is 4.79 Å². The largest absolute Gasteiger partial charge is 0.456 e. The standard InChI is InChI=1S/C19H25N3O2S/c1-19(2,3)24-18(23)16-14-7-11-22(12-15(14)25-17(16)20)10-6-13-4-8-21-9-5-13/h4-5,8-9H,6-7,10-12,20H2,1-3H3. The minimum absolute atomic E-state index is 0.298. The molecule has 1 aliphatic rings. The molecule has 0 unspecified atom stereocenters. The van der Waals surface area contributed by atoms with Crippen LogP contribution in [0.4, 0.5) is 5.00 Å². The van der Waals surface area contributed by atoms with E-state index in [0.717, 1.165) is 38.0 Å². The lowest BCUT2D eigenvalue weighted by Crippen LogP contribution is -2.32. The van der Waals surface area contributed by atoms with Gasteiger partial charge in [-0.05, 0) is 56.9 Å². The summed E-state index contributed by atoms with van der Waals surface area (Å²) in [6, 6.07) is 4.11. The molecule has 0 aromatic carbocycles. The monoisotopic (exact) mass is 359 g/mol. The van der Waals surface area contributed by atoms with Crippen LogP contribution in [0.3, 0.4) is 0 Å². The lowest BCUT2D eigenvalue weighted by Gasteiger charge is -2.27. The Morgan fingerprint density at radius 2 is 2.08 bits per heavy atom. The highest BCUT2D eigenvalue weighted by Crippen LogP contribution is 2.36. The molecule has 0 bridgehead atoms. The van der Waals surface area contributed by atoms with E-state index in [4.69, 9.17) is 10.5 Å². The van der Waals surface area contributed by atoms with Crippen LogP contribution in [0.5, 0.6) is 0 Å². The molecule has 0 saturated heterocycles. The molecule has 2 N–H and O–H groups in total. The average molecular weight is 359 g/mol. The molecule has 0 saturated carbocycles. The number of carbonyl (C=O) groups is 1. The summed E-state index contributed by atoms with van der Waals surface area (Å²) in [5.74, 6) is -0.298. The molecule has 0 atom stereocenters. The van der Waals surface area contributed by atoms with E-state index >= 15 is 0 Å². The lowest BCUT2D eigenvalue weighted by atomic mass is 10.0. The number of rotatable bonds is 4. The first-order valence-corrected chi connectivity index (χ1v) is 9.40.